The Morgan fingerprint density at radius 2 is 2.00 bits per heavy atom. The van der Waals surface area contributed by atoms with Gasteiger partial charge in [-0.3, -0.25) is 14.7 Å². The number of H-pyrrole nitrogens is 1. The van der Waals surface area contributed by atoms with Crippen LogP contribution in [0.5, 0.6) is 0 Å². The summed E-state index contributed by atoms with van der Waals surface area (Å²) in [6.45, 7) is 1.10. The van der Waals surface area contributed by atoms with Gasteiger partial charge in [0.15, 0.2) is 5.69 Å². The highest BCUT2D eigenvalue weighted by Gasteiger charge is 2.26. The fourth-order valence-electron chi connectivity index (χ4n) is 3.44. The van der Waals surface area contributed by atoms with Gasteiger partial charge in [-0.2, -0.15) is 5.10 Å². The molecule has 0 spiro atoms. The molecule has 2 aromatic carbocycles. The average Bonchev–Trinajstić information content (AvgIpc) is 3.20. The lowest BCUT2D eigenvalue weighted by Crippen LogP contribution is -2.35. The first-order chi connectivity index (χ1) is 14.6. The molecule has 0 saturated heterocycles. The summed E-state index contributed by atoms with van der Waals surface area (Å²) in [5.41, 5.74) is 3.55. The molecule has 1 aliphatic heterocycles. The molecule has 0 bridgehead atoms. The van der Waals surface area contributed by atoms with Crippen molar-refractivity contribution >= 4 is 17.9 Å². The predicted molar refractivity (Wildman–Crippen MR) is 111 cm³/mol. The number of rotatable bonds is 5. The van der Waals surface area contributed by atoms with Crippen molar-refractivity contribution in [3.8, 4) is 0 Å². The molecular weight excluding hydrogens is 383 g/mol. The zero-order valence-corrected chi connectivity index (χ0v) is 16.3. The molecule has 30 heavy (non-hydrogen) atoms. The summed E-state index contributed by atoms with van der Waals surface area (Å²) < 4.78 is 13.3. The van der Waals surface area contributed by atoms with Crippen LogP contribution in [0, 0.1) is 5.82 Å². The van der Waals surface area contributed by atoms with Gasteiger partial charge in [0.25, 0.3) is 5.91 Å². The number of nitrogens with zero attached hydrogens (tertiary/aromatic N) is 2. The van der Waals surface area contributed by atoms with E-state index in [1.807, 2.05) is 30.3 Å². The molecular formula is C23H21FN4O2. The Hall–Kier alpha value is -3.74. The van der Waals surface area contributed by atoms with E-state index >= 15 is 0 Å². The maximum absolute atomic E-state index is 13.3. The van der Waals surface area contributed by atoms with E-state index in [9.17, 15) is 14.0 Å². The Kier molecular flexibility index (Phi) is 5.70. The molecule has 3 aromatic rings. The van der Waals surface area contributed by atoms with Crippen molar-refractivity contribution in [3.63, 3.8) is 0 Å². The standard InChI is InChI=1S/C23H21FN4O2/c24-18-8-4-7-17(13-18)14-25-23(30)22-19-11-12-28(15-20(19)26-27-22)21(29)10-9-16-5-2-1-3-6-16/h1-10,13H,11-12,14-15H2,(H,25,30)(H,26,27). The van der Waals surface area contributed by atoms with E-state index in [-0.39, 0.29) is 24.2 Å². The second kappa shape index (κ2) is 8.73. The number of amides is 2. The third kappa shape index (κ3) is 4.46. The Bertz CT molecular complexity index is 1090. The van der Waals surface area contributed by atoms with Crippen molar-refractivity contribution in [2.24, 2.45) is 0 Å². The number of benzene rings is 2. The fraction of sp³-hybridized carbons (Fsp3) is 0.174. The van der Waals surface area contributed by atoms with Crippen molar-refractivity contribution in [3.05, 3.63) is 94.6 Å². The lowest BCUT2D eigenvalue weighted by atomic mass is 10.0. The van der Waals surface area contributed by atoms with Crippen LogP contribution in [0.15, 0.2) is 60.7 Å². The lowest BCUT2D eigenvalue weighted by Gasteiger charge is -2.25. The quantitative estimate of drug-likeness (QED) is 0.642. The molecule has 6 nitrogen and oxygen atoms in total. The Morgan fingerprint density at radius 3 is 2.80 bits per heavy atom. The molecule has 0 unspecified atom stereocenters. The van der Waals surface area contributed by atoms with Crippen molar-refractivity contribution in [2.45, 2.75) is 19.5 Å². The van der Waals surface area contributed by atoms with Gasteiger partial charge in [0.05, 0.1) is 12.2 Å². The van der Waals surface area contributed by atoms with Gasteiger partial charge in [-0.15, -0.1) is 0 Å². The minimum atomic E-state index is -0.343. The van der Waals surface area contributed by atoms with E-state index in [1.165, 1.54) is 12.1 Å². The zero-order valence-electron chi connectivity index (χ0n) is 16.3. The first-order valence-electron chi connectivity index (χ1n) is 9.71. The van der Waals surface area contributed by atoms with Gasteiger partial charge in [-0.1, -0.05) is 42.5 Å². The highest BCUT2D eigenvalue weighted by Crippen LogP contribution is 2.21. The van der Waals surface area contributed by atoms with Gasteiger partial charge in [-0.25, -0.2) is 4.39 Å². The summed E-state index contributed by atoms with van der Waals surface area (Å²) in [5.74, 6) is -0.748. The van der Waals surface area contributed by atoms with Gasteiger partial charge < -0.3 is 10.2 Å². The van der Waals surface area contributed by atoms with Crippen molar-refractivity contribution in [1.82, 2.24) is 20.4 Å². The molecule has 4 rings (SSSR count). The molecule has 0 aliphatic carbocycles. The minimum absolute atomic E-state index is 0.0868. The minimum Gasteiger partial charge on any atom is -0.347 e. The van der Waals surface area contributed by atoms with E-state index in [2.05, 4.69) is 15.5 Å². The Balaban J connectivity index is 1.38. The third-order valence-corrected chi connectivity index (χ3v) is 5.02. The van der Waals surface area contributed by atoms with Gasteiger partial charge in [-0.05, 0) is 35.8 Å². The SMILES string of the molecule is O=C(NCc1cccc(F)c1)c1n[nH]c2c1CCN(C(=O)C=Cc1ccccc1)C2. The van der Waals surface area contributed by atoms with Gasteiger partial charge in [0.1, 0.15) is 5.82 Å². The van der Waals surface area contributed by atoms with Gasteiger partial charge in [0.2, 0.25) is 5.91 Å². The van der Waals surface area contributed by atoms with E-state index in [0.29, 0.717) is 30.8 Å². The van der Waals surface area contributed by atoms with Crippen LogP contribution in [0.3, 0.4) is 0 Å². The fourth-order valence-corrected chi connectivity index (χ4v) is 3.44. The smallest absolute Gasteiger partial charge is 0.272 e. The van der Waals surface area contributed by atoms with Crippen molar-refractivity contribution in [1.29, 1.82) is 0 Å². The number of carbonyl (C=O) groups is 2. The van der Waals surface area contributed by atoms with Crippen molar-refractivity contribution < 1.29 is 14.0 Å². The van der Waals surface area contributed by atoms with Crippen LogP contribution in [-0.2, 0) is 24.3 Å². The van der Waals surface area contributed by atoms with Gasteiger partial charge >= 0.3 is 0 Å². The molecule has 0 radical (unpaired) electrons. The number of aromatic nitrogens is 2. The average molecular weight is 404 g/mol. The number of fused-ring (bicyclic) bond motifs is 1. The summed E-state index contributed by atoms with van der Waals surface area (Å²) in [5, 5.41) is 9.80. The highest BCUT2D eigenvalue weighted by molar-refractivity contribution is 5.94. The second-order valence-electron chi connectivity index (χ2n) is 7.10. The number of hydrogen-bond donors (Lipinski definition) is 2. The summed E-state index contributed by atoms with van der Waals surface area (Å²) in [6.07, 6.45) is 3.89. The first-order valence-corrected chi connectivity index (χ1v) is 9.71. The van der Waals surface area contributed by atoms with Crippen LogP contribution in [0.1, 0.15) is 32.9 Å². The molecule has 2 N–H and O–H groups in total. The van der Waals surface area contributed by atoms with Crippen LogP contribution in [0.2, 0.25) is 0 Å². The Labute approximate surface area is 173 Å². The summed E-state index contributed by atoms with van der Waals surface area (Å²) in [4.78, 5) is 26.8. The number of halogens is 1. The molecule has 1 aliphatic rings. The van der Waals surface area contributed by atoms with Crippen LogP contribution >= 0.6 is 0 Å². The monoisotopic (exact) mass is 404 g/mol. The molecule has 0 saturated carbocycles. The molecule has 2 heterocycles. The molecule has 152 valence electrons. The van der Waals surface area contributed by atoms with Crippen LogP contribution in [0.4, 0.5) is 4.39 Å². The van der Waals surface area contributed by atoms with E-state index in [4.69, 9.17) is 0 Å². The molecule has 0 fully saturated rings. The molecule has 1 aromatic heterocycles. The summed E-state index contributed by atoms with van der Waals surface area (Å²) >= 11 is 0. The molecule has 7 heteroatoms. The topological polar surface area (TPSA) is 78.1 Å². The molecule has 2 amide bonds. The maximum atomic E-state index is 13.3. The van der Waals surface area contributed by atoms with E-state index in [1.54, 1.807) is 29.2 Å². The number of carbonyl (C=O) groups excluding carboxylic acids is 2. The predicted octanol–water partition coefficient (Wildman–Crippen LogP) is 3.08. The zero-order chi connectivity index (χ0) is 20.9. The summed E-state index contributed by atoms with van der Waals surface area (Å²) in [7, 11) is 0. The first kappa shape index (κ1) is 19.6. The highest BCUT2D eigenvalue weighted by atomic mass is 19.1. The Morgan fingerprint density at radius 1 is 1.17 bits per heavy atom. The summed E-state index contributed by atoms with van der Waals surface area (Å²) in [6, 6.07) is 15.7. The molecule has 0 atom stereocenters. The number of hydrogen-bond acceptors (Lipinski definition) is 3. The van der Waals surface area contributed by atoms with Gasteiger partial charge in [0, 0.05) is 24.7 Å². The van der Waals surface area contributed by atoms with Crippen LogP contribution in [0.25, 0.3) is 6.08 Å². The lowest BCUT2D eigenvalue weighted by molar-refractivity contribution is -0.126. The van der Waals surface area contributed by atoms with E-state index in [0.717, 1.165) is 16.8 Å². The van der Waals surface area contributed by atoms with E-state index < -0.39 is 0 Å². The normalized spacial score (nSPS) is 13.3. The van der Waals surface area contributed by atoms with Crippen LogP contribution < -0.4 is 5.32 Å². The third-order valence-electron chi connectivity index (χ3n) is 5.02. The number of nitrogens with one attached hydrogen (secondary N) is 2. The van der Waals surface area contributed by atoms with Crippen molar-refractivity contribution in [2.75, 3.05) is 6.54 Å². The second-order valence-corrected chi connectivity index (χ2v) is 7.10. The maximum Gasteiger partial charge on any atom is 0.272 e. The number of aromatic amines is 1. The largest absolute Gasteiger partial charge is 0.347 e. The van der Waals surface area contributed by atoms with Crippen LogP contribution in [-0.4, -0.2) is 33.5 Å².